The molecule has 1 aliphatic rings. The van der Waals surface area contributed by atoms with Gasteiger partial charge < -0.3 is 20.4 Å². The van der Waals surface area contributed by atoms with Gasteiger partial charge in [-0.1, -0.05) is 66.7 Å². The maximum absolute atomic E-state index is 12.6. The average Bonchev–Trinajstić information content (AvgIpc) is 3.24. The monoisotopic (exact) mass is 442 g/mol. The molecule has 0 bridgehead atoms. The number of carbonyl (C=O) groups is 2. The van der Waals surface area contributed by atoms with Crippen molar-refractivity contribution in [2.75, 3.05) is 30.4 Å². The Morgan fingerprint density at radius 3 is 2.52 bits per heavy atom. The van der Waals surface area contributed by atoms with Crippen LogP contribution in [0.3, 0.4) is 0 Å². The third-order valence-corrected chi connectivity index (χ3v) is 5.87. The molecular formula is C27H30N4O2. The van der Waals surface area contributed by atoms with Crippen LogP contribution in [-0.4, -0.2) is 37.0 Å². The summed E-state index contributed by atoms with van der Waals surface area (Å²) in [7, 11) is 1.75. The van der Waals surface area contributed by atoms with Crippen LogP contribution in [0, 0.1) is 0 Å². The lowest BCUT2D eigenvalue weighted by atomic mass is 10.1. The molecule has 1 heterocycles. The van der Waals surface area contributed by atoms with Gasteiger partial charge in [0.25, 0.3) is 0 Å². The van der Waals surface area contributed by atoms with E-state index in [0.29, 0.717) is 6.54 Å². The van der Waals surface area contributed by atoms with Gasteiger partial charge in [-0.25, -0.2) is 4.79 Å². The quantitative estimate of drug-likeness (QED) is 0.543. The highest BCUT2D eigenvalue weighted by Gasteiger charge is 2.19. The Balaban J connectivity index is 1.27. The zero-order valence-corrected chi connectivity index (χ0v) is 19.0. The topological polar surface area (TPSA) is 64.7 Å². The first-order valence-corrected chi connectivity index (χ1v) is 11.3. The third-order valence-electron chi connectivity index (χ3n) is 5.87. The number of anilines is 2. The molecule has 1 aliphatic heterocycles. The Morgan fingerprint density at radius 2 is 1.67 bits per heavy atom. The van der Waals surface area contributed by atoms with Crippen molar-refractivity contribution in [3.8, 4) is 0 Å². The average molecular weight is 443 g/mol. The molecule has 0 radical (unpaired) electrons. The number of urea groups is 1. The van der Waals surface area contributed by atoms with E-state index in [-0.39, 0.29) is 24.9 Å². The summed E-state index contributed by atoms with van der Waals surface area (Å²) in [6.45, 7) is 2.52. The minimum atomic E-state index is -0.195. The molecule has 4 rings (SSSR count). The van der Waals surface area contributed by atoms with Crippen LogP contribution >= 0.6 is 0 Å². The van der Waals surface area contributed by atoms with Crippen molar-refractivity contribution in [1.82, 2.24) is 10.2 Å². The van der Waals surface area contributed by atoms with Crippen molar-refractivity contribution in [3.63, 3.8) is 0 Å². The number of hydrogen-bond acceptors (Lipinski definition) is 3. The van der Waals surface area contributed by atoms with Crippen molar-refractivity contribution in [2.45, 2.75) is 25.9 Å². The summed E-state index contributed by atoms with van der Waals surface area (Å²) in [5.74, 6) is -0.115. The normalized spacial score (nSPS) is 12.2. The van der Waals surface area contributed by atoms with E-state index in [4.69, 9.17) is 0 Å². The lowest BCUT2D eigenvalue weighted by molar-refractivity contribution is -0.116. The van der Waals surface area contributed by atoms with E-state index in [9.17, 15) is 9.59 Å². The largest absolute Gasteiger partial charge is 0.367 e. The summed E-state index contributed by atoms with van der Waals surface area (Å²) >= 11 is 0. The van der Waals surface area contributed by atoms with Crippen molar-refractivity contribution >= 4 is 23.3 Å². The van der Waals surface area contributed by atoms with Gasteiger partial charge in [0.15, 0.2) is 0 Å². The number of carbonyl (C=O) groups excluding carboxylic acids is 2. The SMILES string of the molecule is CN(Cc1ccccc1)C(=O)NCCC(=O)Nc1ccccc1CN1CCc2ccccc21. The van der Waals surface area contributed by atoms with E-state index in [1.807, 2.05) is 48.5 Å². The number of para-hydroxylation sites is 2. The van der Waals surface area contributed by atoms with Gasteiger partial charge in [-0.3, -0.25) is 4.79 Å². The summed E-state index contributed by atoms with van der Waals surface area (Å²) in [4.78, 5) is 28.8. The third kappa shape index (κ3) is 5.92. The maximum Gasteiger partial charge on any atom is 0.317 e. The van der Waals surface area contributed by atoms with Crippen LogP contribution in [0.25, 0.3) is 0 Å². The van der Waals surface area contributed by atoms with Crippen LogP contribution in [0.4, 0.5) is 16.2 Å². The predicted molar refractivity (Wildman–Crippen MR) is 132 cm³/mol. The Kier molecular flexibility index (Phi) is 7.25. The molecule has 0 fully saturated rings. The lowest BCUT2D eigenvalue weighted by Gasteiger charge is -2.21. The summed E-state index contributed by atoms with van der Waals surface area (Å²) in [5, 5.41) is 5.84. The number of amides is 3. The van der Waals surface area contributed by atoms with Crippen LogP contribution < -0.4 is 15.5 Å². The molecule has 0 saturated heterocycles. The molecule has 0 saturated carbocycles. The molecular weight excluding hydrogens is 412 g/mol. The molecule has 2 N–H and O–H groups in total. The van der Waals surface area contributed by atoms with Gasteiger partial charge in [0, 0.05) is 51.0 Å². The summed E-state index contributed by atoms with van der Waals surface area (Å²) in [6, 6.07) is 26.0. The fourth-order valence-corrected chi connectivity index (χ4v) is 4.12. The van der Waals surface area contributed by atoms with Crippen molar-refractivity contribution in [2.24, 2.45) is 0 Å². The minimum absolute atomic E-state index is 0.115. The standard InChI is InChI=1S/C27H30N4O2/c1-30(19-21-9-3-2-4-10-21)27(33)28-17-15-26(32)29-24-13-7-5-12-23(24)20-31-18-16-22-11-6-8-14-25(22)31/h2-14H,15-20H2,1H3,(H,28,33)(H,29,32). The fraction of sp³-hybridized carbons (Fsp3) is 0.259. The second-order valence-electron chi connectivity index (χ2n) is 8.33. The van der Waals surface area contributed by atoms with Gasteiger partial charge in [0.1, 0.15) is 0 Å². The van der Waals surface area contributed by atoms with E-state index >= 15 is 0 Å². The van der Waals surface area contributed by atoms with Gasteiger partial charge >= 0.3 is 6.03 Å². The molecule has 0 atom stereocenters. The van der Waals surface area contributed by atoms with Gasteiger partial charge in [-0.15, -0.1) is 0 Å². The summed E-state index contributed by atoms with van der Waals surface area (Å²) in [5.41, 5.74) is 5.59. The first-order valence-electron chi connectivity index (χ1n) is 11.3. The number of nitrogens with one attached hydrogen (secondary N) is 2. The van der Waals surface area contributed by atoms with Crippen LogP contribution in [-0.2, 0) is 24.3 Å². The van der Waals surface area contributed by atoms with Crippen molar-refractivity contribution in [3.05, 3.63) is 95.6 Å². The lowest BCUT2D eigenvalue weighted by Crippen LogP contribution is -2.38. The number of nitrogens with zero attached hydrogens (tertiary/aromatic N) is 2. The number of fused-ring (bicyclic) bond motifs is 1. The maximum atomic E-state index is 12.6. The number of hydrogen-bond donors (Lipinski definition) is 2. The zero-order chi connectivity index (χ0) is 23.0. The molecule has 6 heteroatoms. The molecule has 170 valence electrons. The Labute approximate surface area is 195 Å². The Bertz CT molecular complexity index is 1100. The Morgan fingerprint density at radius 1 is 0.939 bits per heavy atom. The van der Waals surface area contributed by atoms with E-state index in [2.05, 4.69) is 45.9 Å². The molecule has 0 aliphatic carbocycles. The number of benzene rings is 3. The van der Waals surface area contributed by atoms with E-state index in [1.54, 1.807) is 11.9 Å². The molecule has 0 spiro atoms. The van der Waals surface area contributed by atoms with Crippen molar-refractivity contribution in [1.29, 1.82) is 0 Å². The second kappa shape index (κ2) is 10.7. The van der Waals surface area contributed by atoms with Gasteiger partial charge in [-0.2, -0.15) is 0 Å². The highest BCUT2D eigenvalue weighted by Crippen LogP contribution is 2.30. The van der Waals surface area contributed by atoms with E-state index < -0.39 is 0 Å². The predicted octanol–water partition coefficient (Wildman–Crippen LogP) is 4.42. The molecule has 6 nitrogen and oxygen atoms in total. The summed E-state index contributed by atoms with van der Waals surface area (Å²) in [6.07, 6.45) is 1.26. The van der Waals surface area contributed by atoms with Gasteiger partial charge in [0.05, 0.1) is 0 Å². The first kappa shape index (κ1) is 22.4. The van der Waals surface area contributed by atoms with Crippen LogP contribution in [0.15, 0.2) is 78.9 Å². The van der Waals surface area contributed by atoms with Crippen LogP contribution in [0.1, 0.15) is 23.1 Å². The zero-order valence-electron chi connectivity index (χ0n) is 19.0. The second-order valence-corrected chi connectivity index (χ2v) is 8.33. The van der Waals surface area contributed by atoms with Gasteiger partial charge in [0.2, 0.25) is 5.91 Å². The minimum Gasteiger partial charge on any atom is -0.367 e. The van der Waals surface area contributed by atoms with Crippen LogP contribution in [0.5, 0.6) is 0 Å². The highest BCUT2D eigenvalue weighted by atomic mass is 16.2. The Hall–Kier alpha value is -3.80. The number of rotatable bonds is 8. The summed E-state index contributed by atoms with van der Waals surface area (Å²) < 4.78 is 0. The highest BCUT2D eigenvalue weighted by molar-refractivity contribution is 5.92. The molecule has 3 amide bonds. The molecule has 33 heavy (non-hydrogen) atoms. The molecule has 3 aromatic rings. The fourth-order valence-electron chi connectivity index (χ4n) is 4.12. The van der Waals surface area contributed by atoms with E-state index in [1.165, 1.54) is 11.3 Å². The molecule has 0 aromatic heterocycles. The molecule has 0 unspecified atom stereocenters. The van der Waals surface area contributed by atoms with Crippen molar-refractivity contribution < 1.29 is 9.59 Å². The van der Waals surface area contributed by atoms with Gasteiger partial charge in [-0.05, 0) is 35.2 Å². The molecule has 3 aromatic carbocycles. The van der Waals surface area contributed by atoms with Crippen LogP contribution in [0.2, 0.25) is 0 Å². The first-order chi connectivity index (χ1) is 16.1. The van der Waals surface area contributed by atoms with E-state index in [0.717, 1.165) is 36.3 Å². The smallest absolute Gasteiger partial charge is 0.317 e.